The van der Waals surface area contributed by atoms with Crippen molar-refractivity contribution in [3.8, 4) is 5.75 Å². The van der Waals surface area contributed by atoms with Crippen molar-refractivity contribution in [2.24, 2.45) is 0 Å². The van der Waals surface area contributed by atoms with Gasteiger partial charge in [-0.25, -0.2) is 4.98 Å². The van der Waals surface area contributed by atoms with Gasteiger partial charge in [-0.3, -0.25) is 14.9 Å². The molecule has 0 spiro atoms. The third-order valence-electron chi connectivity index (χ3n) is 4.70. The predicted octanol–water partition coefficient (Wildman–Crippen LogP) is 4.44. The number of ether oxygens (including phenoxy) is 1. The summed E-state index contributed by atoms with van der Waals surface area (Å²) in [5.74, 6) is 0.737. The summed E-state index contributed by atoms with van der Waals surface area (Å²) < 4.78 is 5.48. The molecule has 29 heavy (non-hydrogen) atoms. The zero-order valence-corrected chi connectivity index (χ0v) is 17.0. The summed E-state index contributed by atoms with van der Waals surface area (Å²) >= 11 is 1.42. The van der Waals surface area contributed by atoms with Gasteiger partial charge in [0.05, 0.1) is 17.9 Å². The lowest BCUT2D eigenvalue weighted by Gasteiger charge is -2.29. The lowest BCUT2D eigenvalue weighted by atomic mass is 10.1. The van der Waals surface area contributed by atoms with Gasteiger partial charge in [-0.1, -0.05) is 38.1 Å². The number of amides is 2. The number of hydrogen-bond acceptors (Lipinski definition) is 5. The van der Waals surface area contributed by atoms with Gasteiger partial charge in [0.1, 0.15) is 5.75 Å². The Labute approximate surface area is 173 Å². The van der Waals surface area contributed by atoms with E-state index in [1.807, 2.05) is 41.8 Å². The number of fused-ring (bicyclic) bond motifs is 1. The first kappa shape index (κ1) is 19.1. The standard InChI is InChI=1S/C22H21N3O3S/c1-14(2)17-13-29-22(23-17)24-21(27)16-9-7-15(8-10-16)11-25-18-5-3-4-6-19(18)28-12-20(25)26/h3-10,13-14H,11-12H2,1-2H3,(H,23,24,27). The normalized spacial score (nSPS) is 13.2. The molecule has 1 N–H and O–H groups in total. The van der Waals surface area contributed by atoms with E-state index in [2.05, 4.69) is 24.1 Å². The van der Waals surface area contributed by atoms with Crippen LogP contribution in [0.15, 0.2) is 53.9 Å². The van der Waals surface area contributed by atoms with Crippen molar-refractivity contribution in [1.29, 1.82) is 0 Å². The minimum atomic E-state index is -0.200. The number of rotatable bonds is 5. The van der Waals surface area contributed by atoms with E-state index in [-0.39, 0.29) is 18.4 Å². The van der Waals surface area contributed by atoms with E-state index in [4.69, 9.17) is 4.74 Å². The van der Waals surface area contributed by atoms with Gasteiger partial charge in [0.25, 0.3) is 11.8 Å². The Bertz CT molecular complexity index is 1040. The average molecular weight is 407 g/mol. The van der Waals surface area contributed by atoms with Crippen molar-refractivity contribution in [1.82, 2.24) is 4.98 Å². The van der Waals surface area contributed by atoms with Crippen molar-refractivity contribution >= 4 is 34.0 Å². The molecule has 1 aromatic heterocycles. The number of nitrogens with one attached hydrogen (secondary N) is 1. The van der Waals surface area contributed by atoms with Gasteiger partial charge in [0.15, 0.2) is 11.7 Å². The van der Waals surface area contributed by atoms with E-state index in [1.54, 1.807) is 17.0 Å². The predicted molar refractivity (Wildman–Crippen MR) is 114 cm³/mol. The zero-order chi connectivity index (χ0) is 20.4. The molecule has 0 saturated heterocycles. The fourth-order valence-electron chi connectivity index (χ4n) is 3.05. The van der Waals surface area contributed by atoms with Crippen molar-refractivity contribution < 1.29 is 14.3 Å². The second kappa shape index (κ2) is 8.05. The molecule has 0 fully saturated rings. The first-order chi connectivity index (χ1) is 14.0. The van der Waals surface area contributed by atoms with Gasteiger partial charge < -0.3 is 9.64 Å². The van der Waals surface area contributed by atoms with Gasteiger partial charge >= 0.3 is 0 Å². The molecule has 0 bridgehead atoms. The van der Waals surface area contributed by atoms with E-state index in [0.29, 0.717) is 28.9 Å². The van der Waals surface area contributed by atoms with E-state index in [9.17, 15) is 9.59 Å². The van der Waals surface area contributed by atoms with Crippen molar-refractivity contribution in [2.75, 3.05) is 16.8 Å². The third kappa shape index (κ3) is 4.14. The molecule has 0 saturated carbocycles. The van der Waals surface area contributed by atoms with Crippen LogP contribution in [0.1, 0.15) is 41.4 Å². The first-order valence-electron chi connectivity index (χ1n) is 9.39. The molecule has 3 aromatic rings. The molecule has 1 aliphatic rings. The van der Waals surface area contributed by atoms with Crippen LogP contribution in [-0.4, -0.2) is 23.4 Å². The minimum Gasteiger partial charge on any atom is -0.482 e. The summed E-state index contributed by atoms with van der Waals surface area (Å²) in [7, 11) is 0. The first-order valence-corrected chi connectivity index (χ1v) is 10.3. The maximum Gasteiger partial charge on any atom is 0.265 e. The lowest BCUT2D eigenvalue weighted by molar-refractivity contribution is -0.121. The summed E-state index contributed by atoms with van der Waals surface area (Å²) in [4.78, 5) is 30.9. The van der Waals surface area contributed by atoms with Gasteiger partial charge in [0.2, 0.25) is 0 Å². The number of anilines is 2. The number of hydrogen-bond donors (Lipinski definition) is 1. The molecule has 0 aliphatic carbocycles. The number of aromatic nitrogens is 1. The molecular weight excluding hydrogens is 386 g/mol. The van der Waals surface area contributed by atoms with Crippen LogP contribution in [0.25, 0.3) is 0 Å². The SMILES string of the molecule is CC(C)c1csc(NC(=O)c2ccc(CN3C(=O)COc4ccccc43)cc2)n1. The lowest BCUT2D eigenvalue weighted by Crippen LogP contribution is -2.38. The number of para-hydroxylation sites is 2. The van der Waals surface area contributed by atoms with Crippen LogP contribution < -0.4 is 15.0 Å². The molecule has 2 heterocycles. The van der Waals surface area contributed by atoms with Crippen LogP contribution in [0.2, 0.25) is 0 Å². The zero-order valence-electron chi connectivity index (χ0n) is 16.2. The molecule has 148 valence electrons. The Morgan fingerprint density at radius 2 is 1.97 bits per heavy atom. The van der Waals surface area contributed by atoms with Gasteiger partial charge in [-0.05, 0) is 35.7 Å². The smallest absolute Gasteiger partial charge is 0.265 e. The summed E-state index contributed by atoms with van der Waals surface area (Å²) in [6.45, 7) is 4.59. The fraction of sp³-hybridized carbons (Fsp3) is 0.227. The molecule has 6 nitrogen and oxygen atoms in total. The summed E-state index contributed by atoms with van der Waals surface area (Å²) in [5, 5.41) is 5.40. The second-order valence-electron chi connectivity index (χ2n) is 7.12. The van der Waals surface area contributed by atoms with Crippen molar-refractivity contribution in [3.05, 3.63) is 70.7 Å². The highest BCUT2D eigenvalue weighted by Gasteiger charge is 2.25. The summed E-state index contributed by atoms with van der Waals surface area (Å²) in [5.41, 5.74) is 3.21. The average Bonchev–Trinajstić information content (AvgIpc) is 3.19. The molecule has 4 rings (SSSR count). The number of nitrogens with zero attached hydrogens (tertiary/aromatic N) is 2. The number of benzene rings is 2. The van der Waals surface area contributed by atoms with Crippen molar-refractivity contribution in [2.45, 2.75) is 26.3 Å². The monoisotopic (exact) mass is 407 g/mol. The Balaban J connectivity index is 1.45. The van der Waals surface area contributed by atoms with E-state index in [1.165, 1.54) is 11.3 Å². The highest BCUT2D eigenvalue weighted by atomic mass is 32.1. The molecule has 0 radical (unpaired) electrons. The highest BCUT2D eigenvalue weighted by Crippen LogP contribution is 2.32. The second-order valence-corrected chi connectivity index (χ2v) is 7.98. The number of carbonyl (C=O) groups is 2. The maximum atomic E-state index is 12.5. The van der Waals surface area contributed by atoms with Crippen molar-refractivity contribution in [3.63, 3.8) is 0 Å². The van der Waals surface area contributed by atoms with Gasteiger partial charge in [-0.15, -0.1) is 11.3 Å². The van der Waals surface area contributed by atoms with E-state index < -0.39 is 0 Å². The molecule has 0 unspecified atom stereocenters. The molecule has 2 amide bonds. The van der Waals surface area contributed by atoms with Crippen LogP contribution in [0.4, 0.5) is 10.8 Å². The van der Waals surface area contributed by atoms with Crippen LogP contribution >= 0.6 is 11.3 Å². The highest BCUT2D eigenvalue weighted by molar-refractivity contribution is 7.14. The Hall–Kier alpha value is -3.19. The van der Waals surface area contributed by atoms with Crippen LogP contribution in [-0.2, 0) is 11.3 Å². The minimum absolute atomic E-state index is 0.0314. The van der Waals surface area contributed by atoms with Crippen LogP contribution in [0.5, 0.6) is 5.75 Å². The molecular formula is C22H21N3O3S. The van der Waals surface area contributed by atoms with Gasteiger partial charge in [-0.2, -0.15) is 0 Å². The van der Waals surface area contributed by atoms with Gasteiger partial charge in [0, 0.05) is 10.9 Å². The quantitative estimate of drug-likeness (QED) is 0.679. The topological polar surface area (TPSA) is 71.5 Å². The Kier molecular flexibility index (Phi) is 5.31. The van der Waals surface area contributed by atoms with Crippen LogP contribution in [0, 0.1) is 0 Å². The largest absolute Gasteiger partial charge is 0.482 e. The Morgan fingerprint density at radius 3 is 2.69 bits per heavy atom. The molecule has 0 atom stereocenters. The van der Waals surface area contributed by atoms with E-state index >= 15 is 0 Å². The summed E-state index contributed by atoms with van der Waals surface area (Å²) in [6.07, 6.45) is 0. The van der Waals surface area contributed by atoms with Crippen LogP contribution in [0.3, 0.4) is 0 Å². The van der Waals surface area contributed by atoms with E-state index in [0.717, 1.165) is 16.9 Å². The number of carbonyl (C=O) groups excluding carboxylic acids is 2. The molecule has 7 heteroatoms. The molecule has 1 aliphatic heterocycles. The Morgan fingerprint density at radius 1 is 1.21 bits per heavy atom. The number of thiazole rings is 1. The third-order valence-corrected chi connectivity index (χ3v) is 5.47. The summed E-state index contributed by atoms with van der Waals surface area (Å²) in [6, 6.07) is 14.7. The maximum absolute atomic E-state index is 12.5. The molecule has 2 aromatic carbocycles. The fourth-order valence-corrected chi connectivity index (χ4v) is 3.92.